The van der Waals surface area contributed by atoms with E-state index in [1.807, 2.05) is 78.9 Å². The minimum Gasteiger partial charge on any atom is -0.368 e. The molecule has 5 atom stereocenters. The van der Waals surface area contributed by atoms with Crippen molar-refractivity contribution in [2.24, 2.45) is 0 Å². The molecule has 180 valence electrons. The second kappa shape index (κ2) is 13.1. The molecule has 0 N–H and O–H groups in total. The summed E-state index contributed by atoms with van der Waals surface area (Å²) in [5.74, 6) is 0. The van der Waals surface area contributed by atoms with Crippen LogP contribution in [0.5, 0.6) is 0 Å². The molecule has 1 aliphatic heterocycles. The van der Waals surface area contributed by atoms with Crippen molar-refractivity contribution in [3.8, 4) is 0 Å². The summed E-state index contributed by atoms with van der Waals surface area (Å²) in [7, 11) is 1.63. The van der Waals surface area contributed by atoms with Gasteiger partial charge in [0.15, 0.2) is 6.29 Å². The Balaban J connectivity index is 1.56. The molecule has 1 heterocycles. The highest BCUT2D eigenvalue weighted by Gasteiger charge is 2.48. The van der Waals surface area contributed by atoms with E-state index in [1.165, 1.54) is 0 Å². The van der Waals surface area contributed by atoms with E-state index < -0.39 is 18.5 Å². The van der Waals surface area contributed by atoms with Crippen LogP contribution in [0.2, 0.25) is 0 Å². The zero-order valence-electron chi connectivity index (χ0n) is 19.3. The van der Waals surface area contributed by atoms with Crippen molar-refractivity contribution < 1.29 is 23.7 Å². The van der Waals surface area contributed by atoms with Crippen molar-refractivity contribution in [1.82, 2.24) is 0 Å². The standard InChI is InChI=1S/C28H31BrO5/c1-30-28-27(33-20-23-15-9-4-10-16-23)26(32-19-22-13-7-3-8-14-22)25(24(17-29)34-28)31-18-21-11-5-2-6-12-21/h2-16,24-28H,17-20H2,1H3/t24?,25-,26-,27-,28+/m0/s1. The molecule has 1 unspecified atom stereocenters. The number of hydrogen-bond acceptors (Lipinski definition) is 5. The number of benzene rings is 3. The maximum absolute atomic E-state index is 6.50. The molecule has 34 heavy (non-hydrogen) atoms. The molecular formula is C28H31BrO5. The van der Waals surface area contributed by atoms with Crippen molar-refractivity contribution >= 4 is 15.9 Å². The Morgan fingerprint density at radius 2 is 1.03 bits per heavy atom. The van der Waals surface area contributed by atoms with Gasteiger partial charge in [0.2, 0.25) is 0 Å². The van der Waals surface area contributed by atoms with Gasteiger partial charge in [-0.05, 0) is 16.7 Å². The lowest BCUT2D eigenvalue weighted by molar-refractivity contribution is -0.313. The maximum atomic E-state index is 6.50. The molecule has 1 aliphatic rings. The summed E-state index contributed by atoms with van der Waals surface area (Å²) in [5, 5.41) is 0.586. The van der Waals surface area contributed by atoms with E-state index in [0.717, 1.165) is 16.7 Å². The number of alkyl halides is 1. The lowest BCUT2D eigenvalue weighted by atomic mass is 9.98. The molecule has 0 radical (unpaired) electrons. The molecule has 0 amide bonds. The Morgan fingerprint density at radius 1 is 0.618 bits per heavy atom. The molecule has 3 aromatic rings. The van der Waals surface area contributed by atoms with Crippen molar-refractivity contribution in [2.75, 3.05) is 12.4 Å². The summed E-state index contributed by atoms with van der Waals surface area (Å²) in [6.45, 7) is 1.31. The van der Waals surface area contributed by atoms with Gasteiger partial charge in [0.1, 0.15) is 18.3 Å². The van der Waals surface area contributed by atoms with E-state index in [4.69, 9.17) is 23.7 Å². The van der Waals surface area contributed by atoms with Crippen LogP contribution in [0.25, 0.3) is 0 Å². The van der Waals surface area contributed by atoms with Crippen molar-refractivity contribution in [1.29, 1.82) is 0 Å². The van der Waals surface area contributed by atoms with Crippen LogP contribution in [0.4, 0.5) is 0 Å². The highest BCUT2D eigenvalue weighted by atomic mass is 79.9. The summed E-state index contributed by atoms with van der Waals surface area (Å²) in [6, 6.07) is 30.3. The van der Waals surface area contributed by atoms with Crippen LogP contribution < -0.4 is 0 Å². The van der Waals surface area contributed by atoms with Crippen LogP contribution in [0.3, 0.4) is 0 Å². The third-order valence-corrected chi connectivity index (χ3v) is 6.47. The second-order valence-corrected chi connectivity index (χ2v) is 8.86. The third kappa shape index (κ3) is 6.75. The molecule has 0 aromatic heterocycles. The zero-order valence-corrected chi connectivity index (χ0v) is 20.9. The molecule has 0 spiro atoms. The van der Waals surface area contributed by atoms with Crippen molar-refractivity contribution in [3.05, 3.63) is 108 Å². The fourth-order valence-electron chi connectivity index (χ4n) is 4.06. The van der Waals surface area contributed by atoms with Crippen molar-refractivity contribution in [2.45, 2.75) is 50.5 Å². The minimum absolute atomic E-state index is 0.258. The number of halogens is 1. The summed E-state index contributed by atoms with van der Waals surface area (Å²) in [5.41, 5.74) is 3.25. The number of rotatable bonds is 11. The van der Waals surface area contributed by atoms with E-state index in [2.05, 4.69) is 28.1 Å². The van der Waals surface area contributed by atoms with Gasteiger partial charge in [-0.1, -0.05) is 107 Å². The quantitative estimate of drug-likeness (QED) is 0.308. The van der Waals surface area contributed by atoms with E-state index in [1.54, 1.807) is 7.11 Å². The van der Waals surface area contributed by atoms with E-state index in [9.17, 15) is 0 Å². The van der Waals surface area contributed by atoms with Crippen LogP contribution in [-0.4, -0.2) is 43.1 Å². The fraction of sp³-hybridized carbons (Fsp3) is 0.357. The molecule has 6 heteroatoms. The molecule has 1 saturated heterocycles. The van der Waals surface area contributed by atoms with E-state index in [0.29, 0.717) is 25.2 Å². The van der Waals surface area contributed by atoms with Crippen LogP contribution >= 0.6 is 15.9 Å². The van der Waals surface area contributed by atoms with Gasteiger partial charge in [0.05, 0.1) is 25.9 Å². The molecule has 0 bridgehead atoms. The second-order valence-electron chi connectivity index (χ2n) is 8.22. The van der Waals surface area contributed by atoms with Gasteiger partial charge in [-0.3, -0.25) is 0 Å². The van der Waals surface area contributed by atoms with Gasteiger partial charge in [0.25, 0.3) is 0 Å². The minimum atomic E-state index is -0.580. The van der Waals surface area contributed by atoms with E-state index >= 15 is 0 Å². The van der Waals surface area contributed by atoms with Crippen LogP contribution in [0.1, 0.15) is 16.7 Å². The summed E-state index contributed by atoms with van der Waals surface area (Å²) in [4.78, 5) is 0. The molecule has 3 aromatic carbocycles. The smallest absolute Gasteiger partial charge is 0.186 e. The average molecular weight is 527 g/mol. The first-order valence-electron chi connectivity index (χ1n) is 11.5. The zero-order chi connectivity index (χ0) is 23.6. The normalized spacial score (nSPS) is 24.7. The van der Waals surface area contributed by atoms with Gasteiger partial charge in [-0.25, -0.2) is 0 Å². The summed E-state index contributed by atoms with van der Waals surface area (Å²) in [6.07, 6.45) is -2.05. The lowest BCUT2D eigenvalue weighted by Gasteiger charge is -2.45. The third-order valence-electron chi connectivity index (χ3n) is 5.83. The monoisotopic (exact) mass is 526 g/mol. The van der Waals surface area contributed by atoms with Gasteiger partial charge < -0.3 is 23.7 Å². The predicted molar refractivity (Wildman–Crippen MR) is 135 cm³/mol. The van der Waals surface area contributed by atoms with E-state index in [-0.39, 0.29) is 12.2 Å². The van der Waals surface area contributed by atoms with Crippen molar-refractivity contribution in [3.63, 3.8) is 0 Å². The summed E-state index contributed by atoms with van der Waals surface area (Å²) < 4.78 is 31.3. The SMILES string of the molecule is CO[C@@H]1OC(CBr)[C@H](OCc2ccccc2)[C@H](OCc2ccccc2)[C@@H]1OCc1ccccc1. The first kappa shape index (κ1) is 25.0. The molecule has 5 nitrogen and oxygen atoms in total. The average Bonchev–Trinajstić information content (AvgIpc) is 2.91. The highest BCUT2D eigenvalue weighted by molar-refractivity contribution is 9.09. The molecule has 0 aliphatic carbocycles. The topological polar surface area (TPSA) is 46.2 Å². The number of ether oxygens (including phenoxy) is 5. The van der Waals surface area contributed by atoms with Crippen LogP contribution in [0.15, 0.2) is 91.0 Å². The van der Waals surface area contributed by atoms with Gasteiger partial charge in [-0.2, -0.15) is 0 Å². The molecule has 1 fully saturated rings. The molecule has 4 rings (SSSR count). The first-order chi connectivity index (χ1) is 16.8. The maximum Gasteiger partial charge on any atom is 0.186 e. The Hall–Kier alpha value is -2.06. The van der Waals surface area contributed by atoms with Gasteiger partial charge >= 0.3 is 0 Å². The number of hydrogen-bond donors (Lipinski definition) is 0. The van der Waals surface area contributed by atoms with Crippen LogP contribution in [-0.2, 0) is 43.5 Å². The Bertz CT molecular complexity index is 899. The lowest BCUT2D eigenvalue weighted by Crippen LogP contribution is -2.61. The number of methoxy groups -OCH3 is 1. The van der Waals surface area contributed by atoms with Crippen LogP contribution in [0, 0.1) is 0 Å². The Morgan fingerprint density at radius 3 is 1.44 bits per heavy atom. The summed E-state index contributed by atoms with van der Waals surface area (Å²) >= 11 is 3.60. The fourth-order valence-corrected chi connectivity index (χ4v) is 4.58. The van der Waals surface area contributed by atoms with Gasteiger partial charge in [0, 0.05) is 12.4 Å². The molecule has 0 saturated carbocycles. The first-order valence-corrected chi connectivity index (χ1v) is 12.6. The Labute approximate surface area is 210 Å². The Kier molecular flexibility index (Phi) is 9.68. The highest BCUT2D eigenvalue weighted by Crippen LogP contribution is 2.31. The molecular weight excluding hydrogens is 496 g/mol. The largest absolute Gasteiger partial charge is 0.368 e. The van der Waals surface area contributed by atoms with Gasteiger partial charge in [-0.15, -0.1) is 0 Å². The predicted octanol–water partition coefficient (Wildman–Crippen LogP) is 5.51.